The molecule has 2 rings (SSSR count). The molecule has 1 amide bonds. The second kappa shape index (κ2) is 5.85. The maximum Gasteiger partial charge on any atom is 0.254 e. The van der Waals surface area contributed by atoms with Crippen molar-refractivity contribution in [3.63, 3.8) is 0 Å². The Kier molecular flexibility index (Phi) is 4.17. The topological polar surface area (TPSA) is 29.1 Å². The highest BCUT2D eigenvalue weighted by Crippen LogP contribution is 2.14. The maximum absolute atomic E-state index is 13.5. The van der Waals surface area contributed by atoms with Crippen molar-refractivity contribution < 1.29 is 9.18 Å². The van der Waals surface area contributed by atoms with Crippen molar-refractivity contribution in [2.75, 3.05) is 0 Å². The summed E-state index contributed by atoms with van der Waals surface area (Å²) in [5.41, 5.74) is 2.11. The maximum atomic E-state index is 13.5. The van der Waals surface area contributed by atoms with Crippen LogP contribution in [-0.2, 0) is 6.54 Å². The Labute approximate surface area is 116 Å². The molecule has 2 aromatic rings. The first-order chi connectivity index (χ1) is 9.06. The molecule has 0 spiro atoms. The predicted molar refractivity (Wildman–Crippen MR) is 73.8 cm³/mol. The van der Waals surface area contributed by atoms with E-state index in [-0.39, 0.29) is 10.6 Å². The highest BCUT2D eigenvalue weighted by Gasteiger charge is 2.11. The summed E-state index contributed by atoms with van der Waals surface area (Å²) in [6, 6.07) is 11.8. The van der Waals surface area contributed by atoms with Crippen LogP contribution < -0.4 is 5.32 Å². The molecule has 0 saturated heterocycles. The van der Waals surface area contributed by atoms with Crippen LogP contribution in [0.5, 0.6) is 0 Å². The average molecular weight is 278 g/mol. The molecule has 0 aliphatic heterocycles. The van der Waals surface area contributed by atoms with Crippen molar-refractivity contribution in [1.29, 1.82) is 0 Å². The molecule has 0 aromatic heterocycles. The summed E-state index contributed by atoms with van der Waals surface area (Å²) in [7, 11) is 0. The summed E-state index contributed by atoms with van der Waals surface area (Å²) in [6.07, 6.45) is 0. The molecule has 0 saturated carbocycles. The second-order valence-corrected chi connectivity index (χ2v) is 4.73. The predicted octanol–water partition coefficient (Wildman–Crippen LogP) is 3.72. The fourth-order valence-corrected chi connectivity index (χ4v) is 1.82. The first-order valence-electron chi connectivity index (χ1n) is 5.85. The van der Waals surface area contributed by atoms with Crippen molar-refractivity contribution in [3.05, 3.63) is 70.0 Å². The van der Waals surface area contributed by atoms with Gasteiger partial charge in [-0.3, -0.25) is 4.79 Å². The third-order valence-corrected chi connectivity index (χ3v) is 2.98. The summed E-state index contributed by atoms with van der Waals surface area (Å²) < 4.78 is 13.5. The third-order valence-electron chi connectivity index (χ3n) is 2.75. The van der Waals surface area contributed by atoms with Gasteiger partial charge in [-0.15, -0.1) is 0 Å². The van der Waals surface area contributed by atoms with Crippen molar-refractivity contribution in [2.45, 2.75) is 13.5 Å². The van der Waals surface area contributed by atoms with E-state index in [1.54, 1.807) is 0 Å². The Morgan fingerprint density at radius 3 is 2.53 bits per heavy atom. The summed E-state index contributed by atoms with van der Waals surface area (Å²) in [4.78, 5) is 11.8. The molecule has 98 valence electrons. The number of benzene rings is 2. The van der Waals surface area contributed by atoms with Gasteiger partial charge >= 0.3 is 0 Å². The van der Waals surface area contributed by atoms with Crippen LogP contribution in [-0.4, -0.2) is 5.91 Å². The molecule has 0 fully saturated rings. The van der Waals surface area contributed by atoms with Crippen molar-refractivity contribution in [3.8, 4) is 0 Å². The average Bonchev–Trinajstić information content (AvgIpc) is 2.37. The zero-order chi connectivity index (χ0) is 13.8. The minimum Gasteiger partial charge on any atom is -0.348 e. The van der Waals surface area contributed by atoms with Crippen LogP contribution in [0.1, 0.15) is 21.5 Å². The van der Waals surface area contributed by atoms with Gasteiger partial charge in [0.25, 0.3) is 5.91 Å². The lowest BCUT2D eigenvalue weighted by molar-refractivity contribution is 0.0947. The zero-order valence-electron chi connectivity index (χ0n) is 10.4. The molecule has 2 aromatic carbocycles. The molecule has 4 heteroatoms. The lowest BCUT2D eigenvalue weighted by atomic mass is 10.1. The van der Waals surface area contributed by atoms with Crippen LogP contribution in [0.2, 0.25) is 5.02 Å². The monoisotopic (exact) mass is 277 g/mol. The Morgan fingerprint density at radius 1 is 1.21 bits per heavy atom. The zero-order valence-corrected chi connectivity index (χ0v) is 11.2. The molecule has 0 radical (unpaired) electrons. The highest BCUT2D eigenvalue weighted by molar-refractivity contribution is 6.30. The highest BCUT2D eigenvalue weighted by atomic mass is 35.5. The third kappa shape index (κ3) is 3.55. The number of carbonyl (C=O) groups is 1. The first-order valence-corrected chi connectivity index (χ1v) is 6.23. The number of hydrogen-bond donors (Lipinski definition) is 1. The molecule has 0 atom stereocenters. The Bertz CT molecular complexity index is 596. The minimum absolute atomic E-state index is 0.00323. The number of carbonyl (C=O) groups excluding carboxylic acids is 1. The van der Waals surface area contributed by atoms with Gasteiger partial charge in [0.15, 0.2) is 0 Å². The quantitative estimate of drug-likeness (QED) is 0.910. The van der Waals surface area contributed by atoms with Gasteiger partial charge < -0.3 is 5.32 Å². The molecule has 2 nitrogen and oxygen atoms in total. The largest absolute Gasteiger partial charge is 0.348 e. The Morgan fingerprint density at radius 2 is 1.89 bits per heavy atom. The molecule has 0 aliphatic rings. The molecule has 0 heterocycles. The van der Waals surface area contributed by atoms with Gasteiger partial charge in [0, 0.05) is 11.6 Å². The van der Waals surface area contributed by atoms with E-state index in [1.165, 1.54) is 12.1 Å². The molecular formula is C15H13ClFNO. The van der Waals surface area contributed by atoms with Crippen LogP contribution in [0.15, 0.2) is 42.5 Å². The van der Waals surface area contributed by atoms with E-state index in [4.69, 9.17) is 11.6 Å². The fraction of sp³-hybridized carbons (Fsp3) is 0.133. The number of halogens is 2. The Balaban J connectivity index is 2.03. The lowest BCUT2D eigenvalue weighted by Crippen LogP contribution is -2.23. The molecule has 0 aliphatic carbocycles. The van der Waals surface area contributed by atoms with Crippen LogP contribution in [0, 0.1) is 12.7 Å². The van der Waals surface area contributed by atoms with Crippen LogP contribution >= 0.6 is 11.6 Å². The number of aryl methyl sites for hydroxylation is 1. The summed E-state index contributed by atoms with van der Waals surface area (Å²) >= 11 is 5.64. The van der Waals surface area contributed by atoms with E-state index in [9.17, 15) is 9.18 Å². The molecule has 0 bridgehead atoms. The van der Waals surface area contributed by atoms with Gasteiger partial charge in [-0.05, 0) is 30.7 Å². The fourth-order valence-electron chi connectivity index (χ4n) is 1.66. The minimum atomic E-state index is -0.617. The number of nitrogens with one attached hydrogen (secondary N) is 1. The van der Waals surface area contributed by atoms with Crippen molar-refractivity contribution >= 4 is 17.5 Å². The van der Waals surface area contributed by atoms with E-state index >= 15 is 0 Å². The van der Waals surface area contributed by atoms with E-state index in [2.05, 4.69) is 5.32 Å². The van der Waals surface area contributed by atoms with E-state index < -0.39 is 11.7 Å². The molecule has 0 unspecified atom stereocenters. The normalized spacial score (nSPS) is 10.3. The first kappa shape index (κ1) is 13.6. The van der Waals surface area contributed by atoms with Gasteiger partial charge in [0.1, 0.15) is 5.82 Å². The van der Waals surface area contributed by atoms with Crippen molar-refractivity contribution in [1.82, 2.24) is 5.32 Å². The summed E-state index contributed by atoms with van der Waals surface area (Å²) in [6.45, 7) is 2.35. The second-order valence-electron chi connectivity index (χ2n) is 4.29. The van der Waals surface area contributed by atoms with Crippen LogP contribution in [0.4, 0.5) is 4.39 Å². The molecular weight excluding hydrogens is 265 g/mol. The number of hydrogen-bond acceptors (Lipinski definition) is 1. The number of rotatable bonds is 3. The Hall–Kier alpha value is -1.87. The lowest BCUT2D eigenvalue weighted by Gasteiger charge is -2.07. The van der Waals surface area contributed by atoms with Gasteiger partial charge in [-0.2, -0.15) is 0 Å². The van der Waals surface area contributed by atoms with E-state index in [0.29, 0.717) is 6.54 Å². The van der Waals surface area contributed by atoms with Gasteiger partial charge in [0.2, 0.25) is 0 Å². The van der Waals surface area contributed by atoms with Gasteiger partial charge in [-0.25, -0.2) is 4.39 Å². The van der Waals surface area contributed by atoms with E-state index in [0.717, 1.165) is 17.2 Å². The molecule has 1 N–H and O–H groups in total. The van der Waals surface area contributed by atoms with Crippen molar-refractivity contribution in [2.24, 2.45) is 0 Å². The number of amides is 1. The van der Waals surface area contributed by atoms with Crippen LogP contribution in [0.3, 0.4) is 0 Å². The van der Waals surface area contributed by atoms with Crippen LogP contribution in [0.25, 0.3) is 0 Å². The van der Waals surface area contributed by atoms with Gasteiger partial charge in [-0.1, -0.05) is 41.4 Å². The smallest absolute Gasteiger partial charge is 0.254 e. The molecule has 19 heavy (non-hydrogen) atoms. The summed E-state index contributed by atoms with van der Waals surface area (Å²) in [5.74, 6) is -1.07. The van der Waals surface area contributed by atoms with Gasteiger partial charge in [0.05, 0.1) is 5.56 Å². The standard InChI is InChI=1S/C15H13ClFNO/c1-10-2-4-11(5-3-10)9-18-15(19)13-7-6-12(16)8-14(13)17/h2-8H,9H2,1H3,(H,18,19). The van der Waals surface area contributed by atoms with E-state index in [1.807, 2.05) is 31.2 Å². The SMILES string of the molecule is Cc1ccc(CNC(=O)c2ccc(Cl)cc2F)cc1. The summed E-state index contributed by atoms with van der Waals surface area (Å²) in [5, 5.41) is 2.94.